The van der Waals surface area contributed by atoms with Gasteiger partial charge in [-0.05, 0) is 42.3 Å². The number of aryl methyl sites for hydroxylation is 1. The highest BCUT2D eigenvalue weighted by molar-refractivity contribution is 6.22. The number of fused-ring (bicyclic) bond motifs is 2. The smallest absolute Gasteiger partial charge is 0.350 e. The van der Waals surface area contributed by atoms with E-state index in [-0.39, 0.29) is 29.6 Å². The quantitative estimate of drug-likeness (QED) is 0.339. The lowest BCUT2D eigenvalue weighted by atomic mass is 10.1. The summed E-state index contributed by atoms with van der Waals surface area (Å²) in [5, 5.41) is 7.05. The van der Waals surface area contributed by atoms with Crippen LogP contribution in [0.4, 0.5) is 0 Å². The van der Waals surface area contributed by atoms with Crippen LogP contribution >= 0.6 is 0 Å². The van der Waals surface area contributed by atoms with E-state index in [1.54, 1.807) is 18.3 Å². The van der Waals surface area contributed by atoms with Gasteiger partial charge in [0.2, 0.25) is 0 Å². The standard InChI is InChI=1S/C25H21N5O4/c31-22(26-12-6-14-30-25(34)28-13-5-4-9-21(28)27-30)18-10-11-19-20(15-18)24(33)29(23(19)32)16-17-7-2-1-3-8-17/h1-5,7-11,13,15H,6,12,14,16H2,(H,26,31). The number of carbonyl (C=O) groups excluding carboxylic acids is 3. The second kappa shape index (κ2) is 8.78. The van der Waals surface area contributed by atoms with Crippen LogP contribution in [0.15, 0.2) is 77.7 Å². The summed E-state index contributed by atoms with van der Waals surface area (Å²) in [6, 6.07) is 19.1. The molecule has 1 aliphatic rings. The average Bonchev–Trinajstić information content (AvgIpc) is 3.31. The number of aromatic nitrogens is 3. The van der Waals surface area contributed by atoms with E-state index in [2.05, 4.69) is 10.4 Å². The summed E-state index contributed by atoms with van der Waals surface area (Å²) in [6.07, 6.45) is 2.16. The third-order valence-corrected chi connectivity index (χ3v) is 5.74. The van der Waals surface area contributed by atoms with Crippen LogP contribution in [0.1, 0.15) is 43.1 Å². The van der Waals surface area contributed by atoms with Gasteiger partial charge in [0, 0.05) is 24.8 Å². The van der Waals surface area contributed by atoms with Gasteiger partial charge in [-0.2, -0.15) is 0 Å². The van der Waals surface area contributed by atoms with Gasteiger partial charge in [-0.3, -0.25) is 23.7 Å². The molecule has 0 fully saturated rings. The highest BCUT2D eigenvalue weighted by Crippen LogP contribution is 2.25. The maximum atomic E-state index is 12.8. The fraction of sp³-hybridized carbons (Fsp3) is 0.160. The maximum Gasteiger partial charge on any atom is 0.350 e. The maximum absolute atomic E-state index is 12.8. The summed E-state index contributed by atoms with van der Waals surface area (Å²) >= 11 is 0. The zero-order valence-electron chi connectivity index (χ0n) is 18.2. The minimum absolute atomic E-state index is 0.178. The predicted molar refractivity (Wildman–Crippen MR) is 123 cm³/mol. The Bertz CT molecular complexity index is 1470. The van der Waals surface area contributed by atoms with E-state index in [1.165, 1.54) is 32.2 Å². The number of carbonyl (C=O) groups is 3. The first-order chi connectivity index (χ1) is 16.5. The molecule has 3 heterocycles. The lowest BCUT2D eigenvalue weighted by Crippen LogP contribution is -2.29. The van der Waals surface area contributed by atoms with Crippen molar-refractivity contribution in [3.05, 3.63) is 106 Å². The first-order valence-electron chi connectivity index (χ1n) is 10.9. The van der Waals surface area contributed by atoms with Crippen molar-refractivity contribution in [3.63, 3.8) is 0 Å². The lowest BCUT2D eigenvalue weighted by Gasteiger charge is -2.13. The molecule has 2 aromatic heterocycles. The van der Waals surface area contributed by atoms with E-state index < -0.39 is 5.91 Å². The Kier molecular flexibility index (Phi) is 5.51. The van der Waals surface area contributed by atoms with Crippen molar-refractivity contribution in [2.75, 3.05) is 6.54 Å². The molecule has 9 heteroatoms. The first kappa shape index (κ1) is 21.3. The molecule has 34 heavy (non-hydrogen) atoms. The number of hydrogen-bond acceptors (Lipinski definition) is 5. The van der Waals surface area contributed by atoms with Gasteiger partial charge in [0.05, 0.1) is 17.7 Å². The number of nitrogens with zero attached hydrogens (tertiary/aromatic N) is 4. The summed E-state index contributed by atoms with van der Waals surface area (Å²) < 4.78 is 2.82. The molecule has 3 amide bonds. The SMILES string of the molecule is O=C(NCCCn1nc2ccccn2c1=O)c1ccc2c(c1)C(=O)N(Cc1ccccc1)C2=O. The minimum Gasteiger partial charge on any atom is -0.352 e. The number of imide groups is 1. The van der Waals surface area contributed by atoms with Crippen molar-refractivity contribution in [2.24, 2.45) is 0 Å². The Morgan fingerprint density at radius 1 is 0.882 bits per heavy atom. The largest absolute Gasteiger partial charge is 0.352 e. The molecule has 0 spiro atoms. The van der Waals surface area contributed by atoms with Gasteiger partial charge in [-0.25, -0.2) is 9.48 Å². The molecule has 0 saturated heterocycles. The van der Waals surface area contributed by atoms with Gasteiger partial charge in [-0.1, -0.05) is 36.4 Å². The summed E-state index contributed by atoms with van der Waals surface area (Å²) in [5.74, 6) is -1.13. The van der Waals surface area contributed by atoms with E-state index in [0.717, 1.165) is 5.56 Å². The molecule has 0 bridgehead atoms. The second-order valence-corrected chi connectivity index (χ2v) is 7.99. The zero-order valence-corrected chi connectivity index (χ0v) is 18.2. The van der Waals surface area contributed by atoms with Gasteiger partial charge >= 0.3 is 5.69 Å². The van der Waals surface area contributed by atoms with Crippen LogP contribution in [0.2, 0.25) is 0 Å². The van der Waals surface area contributed by atoms with E-state index in [1.807, 2.05) is 36.4 Å². The van der Waals surface area contributed by atoms with Crippen molar-refractivity contribution in [1.82, 2.24) is 24.4 Å². The molecule has 0 radical (unpaired) electrons. The molecule has 0 saturated carbocycles. The topological polar surface area (TPSA) is 106 Å². The van der Waals surface area contributed by atoms with Crippen LogP contribution in [0.25, 0.3) is 5.65 Å². The summed E-state index contributed by atoms with van der Waals surface area (Å²) in [5.41, 5.74) is 2.00. The zero-order chi connectivity index (χ0) is 23.7. The molecular formula is C25H21N5O4. The van der Waals surface area contributed by atoms with Crippen molar-refractivity contribution in [2.45, 2.75) is 19.5 Å². The minimum atomic E-state index is -0.412. The van der Waals surface area contributed by atoms with Crippen molar-refractivity contribution in [3.8, 4) is 0 Å². The Hall–Kier alpha value is -4.53. The number of amides is 3. The van der Waals surface area contributed by atoms with Gasteiger partial charge in [-0.15, -0.1) is 5.10 Å². The summed E-state index contributed by atoms with van der Waals surface area (Å²) in [7, 11) is 0. The molecule has 2 aromatic carbocycles. The molecule has 0 aliphatic carbocycles. The number of rotatable bonds is 7. The number of benzene rings is 2. The third kappa shape index (κ3) is 3.88. The van der Waals surface area contributed by atoms with Gasteiger partial charge in [0.1, 0.15) is 0 Å². The fourth-order valence-corrected chi connectivity index (χ4v) is 3.99. The van der Waals surface area contributed by atoms with E-state index >= 15 is 0 Å². The normalized spacial score (nSPS) is 12.9. The molecule has 4 aromatic rings. The first-order valence-corrected chi connectivity index (χ1v) is 10.9. The summed E-state index contributed by atoms with van der Waals surface area (Å²) in [6.45, 7) is 0.854. The van der Waals surface area contributed by atoms with Crippen LogP contribution in [-0.2, 0) is 13.1 Å². The Morgan fingerprint density at radius 2 is 1.65 bits per heavy atom. The highest BCUT2D eigenvalue weighted by Gasteiger charge is 2.35. The number of hydrogen-bond donors (Lipinski definition) is 1. The van der Waals surface area contributed by atoms with Crippen molar-refractivity contribution < 1.29 is 14.4 Å². The molecule has 1 N–H and O–H groups in total. The molecule has 9 nitrogen and oxygen atoms in total. The average molecular weight is 455 g/mol. The molecule has 5 rings (SSSR count). The fourth-order valence-electron chi connectivity index (χ4n) is 3.99. The monoisotopic (exact) mass is 455 g/mol. The second-order valence-electron chi connectivity index (χ2n) is 7.99. The molecule has 1 aliphatic heterocycles. The van der Waals surface area contributed by atoms with E-state index in [0.29, 0.717) is 36.3 Å². The number of pyridine rings is 1. The van der Waals surface area contributed by atoms with E-state index in [4.69, 9.17) is 0 Å². The third-order valence-electron chi connectivity index (χ3n) is 5.74. The van der Waals surface area contributed by atoms with Gasteiger partial charge in [0.25, 0.3) is 17.7 Å². The van der Waals surface area contributed by atoms with Crippen LogP contribution in [0, 0.1) is 0 Å². The van der Waals surface area contributed by atoms with Gasteiger partial charge in [0.15, 0.2) is 5.65 Å². The van der Waals surface area contributed by atoms with Crippen molar-refractivity contribution in [1.29, 1.82) is 0 Å². The Labute approximate surface area is 194 Å². The molecule has 0 atom stereocenters. The predicted octanol–water partition coefficient (Wildman–Crippen LogP) is 2.11. The van der Waals surface area contributed by atoms with Crippen LogP contribution in [-0.4, -0.2) is 43.3 Å². The van der Waals surface area contributed by atoms with E-state index in [9.17, 15) is 19.2 Å². The van der Waals surface area contributed by atoms with Crippen LogP contribution < -0.4 is 11.0 Å². The van der Waals surface area contributed by atoms with Crippen LogP contribution in [0.3, 0.4) is 0 Å². The van der Waals surface area contributed by atoms with Gasteiger partial charge < -0.3 is 5.32 Å². The highest BCUT2D eigenvalue weighted by atomic mass is 16.2. The lowest BCUT2D eigenvalue weighted by molar-refractivity contribution is 0.0642. The molecule has 0 unspecified atom stereocenters. The number of nitrogens with one attached hydrogen (secondary N) is 1. The summed E-state index contributed by atoms with van der Waals surface area (Å²) in [4.78, 5) is 51.6. The Balaban J connectivity index is 1.21. The molecular weight excluding hydrogens is 434 g/mol. The van der Waals surface area contributed by atoms with Crippen LogP contribution in [0.5, 0.6) is 0 Å². The van der Waals surface area contributed by atoms with Crippen molar-refractivity contribution >= 4 is 23.4 Å². The molecule has 170 valence electrons. The Morgan fingerprint density at radius 3 is 2.44 bits per heavy atom.